The minimum absolute atomic E-state index is 0.344. The number of nitrogens with zero attached hydrogens (tertiary/aromatic N) is 1. The van der Waals surface area contributed by atoms with E-state index in [9.17, 15) is 4.79 Å². The van der Waals surface area contributed by atoms with Crippen molar-refractivity contribution >= 4 is 23.2 Å². The van der Waals surface area contributed by atoms with Gasteiger partial charge in [-0.05, 0) is 61.7 Å². The van der Waals surface area contributed by atoms with Gasteiger partial charge >= 0.3 is 0 Å². The van der Waals surface area contributed by atoms with Crippen molar-refractivity contribution in [1.82, 2.24) is 5.43 Å². The number of amides is 1. The Balaban J connectivity index is 2.20. The summed E-state index contributed by atoms with van der Waals surface area (Å²) in [4.78, 5) is 12.3. The van der Waals surface area contributed by atoms with Gasteiger partial charge in [-0.25, -0.2) is 5.43 Å². The summed E-state index contributed by atoms with van der Waals surface area (Å²) in [7, 11) is 1.50. The molecule has 2 rings (SSSR count). The highest BCUT2D eigenvalue weighted by Crippen LogP contribution is 2.22. The zero-order chi connectivity index (χ0) is 17.0. The summed E-state index contributed by atoms with van der Waals surface area (Å²) in [6, 6.07) is 10.9. The fourth-order valence-corrected chi connectivity index (χ4v) is 2.26. The Labute approximate surface area is 141 Å². The first kappa shape index (κ1) is 17.0. The summed E-state index contributed by atoms with van der Waals surface area (Å²) in [6.45, 7) is 5.94. The molecule has 0 bridgehead atoms. The van der Waals surface area contributed by atoms with E-state index in [1.165, 1.54) is 18.2 Å². The van der Waals surface area contributed by atoms with Gasteiger partial charge in [0.05, 0.1) is 18.4 Å². The third kappa shape index (κ3) is 4.11. The van der Waals surface area contributed by atoms with Crippen LogP contribution < -0.4 is 10.2 Å². The Kier molecular flexibility index (Phi) is 5.40. The summed E-state index contributed by atoms with van der Waals surface area (Å²) < 4.78 is 5.17. The zero-order valence-corrected chi connectivity index (χ0v) is 14.4. The zero-order valence-electron chi connectivity index (χ0n) is 13.6. The third-order valence-electron chi connectivity index (χ3n) is 3.66. The van der Waals surface area contributed by atoms with E-state index in [-0.39, 0.29) is 5.91 Å². The topological polar surface area (TPSA) is 50.7 Å². The van der Waals surface area contributed by atoms with Gasteiger partial charge in [0.1, 0.15) is 5.75 Å². The largest absolute Gasteiger partial charge is 0.496 e. The maximum Gasteiger partial charge on any atom is 0.275 e. The number of carbonyl (C=O) groups is 1. The smallest absolute Gasteiger partial charge is 0.275 e. The van der Waals surface area contributed by atoms with Crippen molar-refractivity contribution in [2.75, 3.05) is 7.11 Å². The lowest BCUT2D eigenvalue weighted by Crippen LogP contribution is -2.20. The Hall–Kier alpha value is -2.33. The number of benzene rings is 2. The van der Waals surface area contributed by atoms with E-state index in [0.717, 1.165) is 11.3 Å². The first-order chi connectivity index (χ1) is 10.9. The quantitative estimate of drug-likeness (QED) is 0.677. The normalized spacial score (nSPS) is 11.3. The highest BCUT2D eigenvalue weighted by Gasteiger charge is 2.12. The van der Waals surface area contributed by atoms with E-state index in [0.29, 0.717) is 16.3 Å². The first-order valence-corrected chi connectivity index (χ1v) is 7.56. The van der Waals surface area contributed by atoms with Crippen molar-refractivity contribution in [2.24, 2.45) is 5.10 Å². The minimum Gasteiger partial charge on any atom is -0.496 e. The molecule has 0 spiro atoms. The second-order valence-electron chi connectivity index (χ2n) is 5.28. The van der Waals surface area contributed by atoms with Crippen LogP contribution in [-0.2, 0) is 0 Å². The number of carbonyl (C=O) groups excluding carboxylic acids is 1. The fourth-order valence-electron chi connectivity index (χ4n) is 2.08. The lowest BCUT2D eigenvalue weighted by molar-refractivity contribution is 0.0952. The van der Waals surface area contributed by atoms with E-state index in [1.54, 1.807) is 18.2 Å². The second-order valence-corrected chi connectivity index (χ2v) is 5.72. The van der Waals surface area contributed by atoms with E-state index in [4.69, 9.17) is 16.3 Å². The highest BCUT2D eigenvalue weighted by molar-refractivity contribution is 6.31. The molecule has 0 aliphatic rings. The van der Waals surface area contributed by atoms with Gasteiger partial charge in [-0.15, -0.1) is 0 Å². The first-order valence-electron chi connectivity index (χ1n) is 7.18. The summed E-state index contributed by atoms with van der Waals surface area (Å²) in [5.74, 6) is 0.0819. The lowest BCUT2D eigenvalue weighted by atomic mass is 10.0. The third-order valence-corrected chi connectivity index (χ3v) is 3.89. The van der Waals surface area contributed by atoms with E-state index in [2.05, 4.69) is 17.5 Å². The molecule has 0 fully saturated rings. The standard InChI is InChI=1S/C18H19ClN2O2/c1-11-5-6-14(9-12(11)2)13(3)20-21-18(22)16-10-15(19)7-8-17(16)23-4/h5-10H,1-4H3,(H,21,22)/b20-13+. The van der Waals surface area contributed by atoms with Crippen LogP contribution in [0.5, 0.6) is 5.75 Å². The summed E-state index contributed by atoms with van der Waals surface area (Å²) in [5.41, 5.74) is 6.97. The van der Waals surface area contributed by atoms with Crippen LogP contribution in [0.15, 0.2) is 41.5 Å². The molecule has 1 amide bonds. The van der Waals surface area contributed by atoms with Gasteiger partial charge in [0.15, 0.2) is 0 Å². The molecule has 1 N–H and O–H groups in total. The van der Waals surface area contributed by atoms with Crippen LogP contribution in [0.1, 0.15) is 34.0 Å². The molecule has 2 aromatic rings. The highest BCUT2D eigenvalue weighted by atomic mass is 35.5. The Bertz CT molecular complexity index is 770. The molecule has 0 aromatic heterocycles. The molecule has 0 atom stereocenters. The lowest BCUT2D eigenvalue weighted by Gasteiger charge is -2.08. The molecule has 0 unspecified atom stereocenters. The van der Waals surface area contributed by atoms with Crippen LogP contribution in [0.2, 0.25) is 5.02 Å². The molecule has 0 radical (unpaired) electrons. The monoisotopic (exact) mass is 330 g/mol. The molecule has 5 heteroatoms. The van der Waals surface area contributed by atoms with Gasteiger partial charge in [0.2, 0.25) is 0 Å². The number of halogens is 1. The Morgan fingerprint density at radius 2 is 1.87 bits per heavy atom. The SMILES string of the molecule is COc1ccc(Cl)cc1C(=O)N/N=C(\C)c1ccc(C)c(C)c1. The van der Waals surface area contributed by atoms with Crippen molar-refractivity contribution in [3.8, 4) is 5.75 Å². The fraction of sp³-hybridized carbons (Fsp3) is 0.222. The molecule has 0 saturated carbocycles. The molecule has 0 aliphatic carbocycles. The van der Waals surface area contributed by atoms with Crippen molar-refractivity contribution in [3.63, 3.8) is 0 Å². The van der Waals surface area contributed by atoms with Crippen molar-refractivity contribution in [3.05, 3.63) is 63.7 Å². The Morgan fingerprint density at radius 1 is 1.13 bits per heavy atom. The predicted molar refractivity (Wildman–Crippen MR) is 93.6 cm³/mol. The molecule has 23 heavy (non-hydrogen) atoms. The van der Waals surface area contributed by atoms with Gasteiger partial charge in [-0.2, -0.15) is 5.10 Å². The van der Waals surface area contributed by atoms with Gasteiger partial charge in [-0.1, -0.05) is 23.7 Å². The van der Waals surface area contributed by atoms with Crippen molar-refractivity contribution < 1.29 is 9.53 Å². The number of methoxy groups -OCH3 is 1. The number of aryl methyl sites for hydroxylation is 2. The Morgan fingerprint density at radius 3 is 2.52 bits per heavy atom. The van der Waals surface area contributed by atoms with Crippen LogP contribution >= 0.6 is 11.6 Å². The van der Waals surface area contributed by atoms with Crippen LogP contribution in [0, 0.1) is 13.8 Å². The molecule has 0 aliphatic heterocycles. The van der Waals surface area contributed by atoms with E-state index < -0.39 is 0 Å². The second kappa shape index (κ2) is 7.29. The summed E-state index contributed by atoms with van der Waals surface area (Å²) in [5, 5.41) is 4.63. The van der Waals surface area contributed by atoms with Crippen LogP contribution in [0.25, 0.3) is 0 Å². The van der Waals surface area contributed by atoms with Gasteiger partial charge in [0, 0.05) is 5.02 Å². The number of nitrogens with one attached hydrogen (secondary N) is 1. The van der Waals surface area contributed by atoms with Gasteiger partial charge in [-0.3, -0.25) is 4.79 Å². The van der Waals surface area contributed by atoms with Crippen molar-refractivity contribution in [1.29, 1.82) is 0 Å². The number of hydrogen-bond donors (Lipinski definition) is 1. The maximum atomic E-state index is 12.3. The average Bonchev–Trinajstić information content (AvgIpc) is 2.54. The van der Waals surface area contributed by atoms with Gasteiger partial charge in [0.25, 0.3) is 5.91 Å². The summed E-state index contributed by atoms with van der Waals surface area (Å²) in [6.07, 6.45) is 0. The van der Waals surface area contributed by atoms with E-state index in [1.807, 2.05) is 32.0 Å². The molecule has 120 valence electrons. The molecular formula is C18H19ClN2O2. The average molecular weight is 331 g/mol. The number of hydrazone groups is 1. The molecule has 0 heterocycles. The molecule has 2 aromatic carbocycles. The van der Waals surface area contributed by atoms with E-state index >= 15 is 0 Å². The number of ether oxygens (including phenoxy) is 1. The van der Waals surface area contributed by atoms with Crippen LogP contribution in [0.3, 0.4) is 0 Å². The number of hydrogen-bond acceptors (Lipinski definition) is 3. The molecule has 0 saturated heterocycles. The van der Waals surface area contributed by atoms with Gasteiger partial charge < -0.3 is 4.74 Å². The van der Waals surface area contributed by atoms with Crippen LogP contribution in [0.4, 0.5) is 0 Å². The summed E-state index contributed by atoms with van der Waals surface area (Å²) >= 11 is 5.94. The minimum atomic E-state index is -0.368. The number of rotatable bonds is 4. The maximum absolute atomic E-state index is 12.3. The van der Waals surface area contributed by atoms with Crippen molar-refractivity contribution in [2.45, 2.75) is 20.8 Å². The predicted octanol–water partition coefficient (Wildman–Crippen LogP) is 4.12. The molecular weight excluding hydrogens is 312 g/mol. The van der Waals surface area contributed by atoms with Crippen LogP contribution in [-0.4, -0.2) is 18.7 Å². The molecule has 4 nitrogen and oxygen atoms in total.